The minimum Gasteiger partial charge on any atom is -0.386 e. The summed E-state index contributed by atoms with van der Waals surface area (Å²) in [5.41, 5.74) is 7.23. The smallest absolute Gasteiger partial charge is 0.251 e. The highest BCUT2D eigenvalue weighted by Gasteiger charge is 2.11. The van der Waals surface area contributed by atoms with Crippen LogP contribution in [-0.4, -0.2) is 17.8 Å². The largest absolute Gasteiger partial charge is 0.386 e. The molecule has 0 radical (unpaired) electrons. The number of nitrogens with one attached hydrogen (secondary N) is 2. The summed E-state index contributed by atoms with van der Waals surface area (Å²) in [6, 6.07) is 7.28. The third-order valence-corrected chi connectivity index (χ3v) is 3.85. The Hall–Kier alpha value is -1.55. The summed E-state index contributed by atoms with van der Waals surface area (Å²) >= 11 is 0. The van der Waals surface area contributed by atoms with Crippen LogP contribution in [0.5, 0.6) is 0 Å². The molecule has 4 nitrogen and oxygen atoms in total. The summed E-state index contributed by atoms with van der Waals surface area (Å²) < 4.78 is 0. The first-order chi connectivity index (χ1) is 10.5. The topological polar surface area (TPSA) is 79.0 Å². The van der Waals surface area contributed by atoms with E-state index in [2.05, 4.69) is 12.2 Å². The zero-order chi connectivity index (χ0) is 16.4. The number of amidine groups is 1. The van der Waals surface area contributed by atoms with Gasteiger partial charge in [-0.15, -0.1) is 12.4 Å². The van der Waals surface area contributed by atoms with Crippen LogP contribution in [0.25, 0.3) is 0 Å². The van der Waals surface area contributed by atoms with Crippen molar-refractivity contribution in [2.45, 2.75) is 64.8 Å². The molecule has 0 aliphatic carbocycles. The van der Waals surface area contributed by atoms with E-state index in [9.17, 15) is 4.79 Å². The van der Waals surface area contributed by atoms with E-state index in [1.54, 1.807) is 6.92 Å². The lowest BCUT2D eigenvalue weighted by Crippen LogP contribution is -2.41. The standard InChI is InChI=1S/C18H29N3O.ClH/c1-3-4-5-6-7-8-9-15-10-12-16(13-11-15)18(22)21-14(2)17(19)20;/h10-14H,3-9H2,1-2H3,(H3,19,20)(H,21,22);1H/t14-;/m0./s1. The number of hydrogen-bond acceptors (Lipinski definition) is 2. The van der Waals surface area contributed by atoms with Gasteiger partial charge in [-0.2, -0.15) is 0 Å². The molecule has 1 atom stereocenters. The van der Waals surface area contributed by atoms with Crippen LogP contribution in [0.1, 0.15) is 68.3 Å². The SMILES string of the molecule is CCCCCCCCc1ccc(C(=O)N[C@@H](C)C(=N)N)cc1.Cl. The third kappa shape index (κ3) is 8.60. The van der Waals surface area contributed by atoms with Gasteiger partial charge in [0.15, 0.2) is 0 Å². The van der Waals surface area contributed by atoms with Gasteiger partial charge < -0.3 is 11.1 Å². The maximum Gasteiger partial charge on any atom is 0.251 e. The van der Waals surface area contributed by atoms with E-state index in [4.69, 9.17) is 11.1 Å². The number of unbranched alkanes of at least 4 members (excludes halogenated alkanes) is 5. The maximum absolute atomic E-state index is 12.0. The Morgan fingerprint density at radius 3 is 2.26 bits per heavy atom. The predicted molar refractivity (Wildman–Crippen MR) is 99.6 cm³/mol. The van der Waals surface area contributed by atoms with E-state index in [-0.39, 0.29) is 24.1 Å². The molecule has 0 fully saturated rings. The summed E-state index contributed by atoms with van der Waals surface area (Å²) in [5.74, 6) is -0.221. The van der Waals surface area contributed by atoms with Crippen LogP contribution in [0.15, 0.2) is 24.3 Å². The van der Waals surface area contributed by atoms with Gasteiger partial charge >= 0.3 is 0 Å². The van der Waals surface area contributed by atoms with Crippen LogP contribution in [-0.2, 0) is 6.42 Å². The minimum absolute atomic E-state index is 0. The molecule has 5 heteroatoms. The Labute approximate surface area is 146 Å². The Kier molecular flexibility index (Phi) is 11.1. The van der Waals surface area contributed by atoms with Crippen molar-refractivity contribution >= 4 is 24.1 Å². The van der Waals surface area contributed by atoms with E-state index >= 15 is 0 Å². The van der Waals surface area contributed by atoms with Gasteiger partial charge in [0.25, 0.3) is 5.91 Å². The van der Waals surface area contributed by atoms with Crippen molar-refractivity contribution in [2.75, 3.05) is 0 Å². The number of carbonyl (C=O) groups excluding carboxylic acids is 1. The first-order valence-corrected chi connectivity index (χ1v) is 8.28. The summed E-state index contributed by atoms with van der Waals surface area (Å²) in [7, 11) is 0. The molecular weight excluding hydrogens is 310 g/mol. The van der Waals surface area contributed by atoms with E-state index in [0.717, 1.165) is 6.42 Å². The van der Waals surface area contributed by atoms with E-state index in [0.29, 0.717) is 5.56 Å². The first kappa shape index (κ1) is 21.4. The quantitative estimate of drug-likeness (QED) is 0.341. The number of benzene rings is 1. The van der Waals surface area contributed by atoms with Gasteiger partial charge in [0.2, 0.25) is 0 Å². The third-order valence-electron chi connectivity index (χ3n) is 3.85. The first-order valence-electron chi connectivity index (χ1n) is 8.28. The molecule has 23 heavy (non-hydrogen) atoms. The fourth-order valence-electron chi connectivity index (χ4n) is 2.29. The second kappa shape index (κ2) is 11.9. The molecule has 0 unspecified atom stereocenters. The molecule has 130 valence electrons. The molecule has 1 aromatic rings. The average Bonchev–Trinajstić information content (AvgIpc) is 2.51. The fraction of sp³-hybridized carbons (Fsp3) is 0.556. The normalized spacial score (nSPS) is 11.4. The molecule has 0 aliphatic rings. The number of nitrogens with two attached hydrogens (primary N) is 1. The van der Waals surface area contributed by atoms with E-state index in [1.165, 1.54) is 44.1 Å². The lowest BCUT2D eigenvalue weighted by atomic mass is 10.0. The monoisotopic (exact) mass is 339 g/mol. The summed E-state index contributed by atoms with van der Waals surface area (Å²) in [6.07, 6.45) is 8.82. The molecule has 1 aromatic carbocycles. The molecule has 4 N–H and O–H groups in total. The van der Waals surface area contributed by atoms with Gasteiger partial charge in [-0.1, -0.05) is 51.2 Å². The number of hydrogen-bond donors (Lipinski definition) is 3. The lowest BCUT2D eigenvalue weighted by molar-refractivity contribution is 0.0949. The number of aryl methyl sites for hydroxylation is 1. The maximum atomic E-state index is 12.0. The summed E-state index contributed by atoms with van der Waals surface area (Å²) in [4.78, 5) is 12.0. The van der Waals surface area contributed by atoms with Crippen LogP contribution >= 0.6 is 12.4 Å². The fourth-order valence-corrected chi connectivity index (χ4v) is 2.29. The molecule has 0 aliphatic heterocycles. The summed E-state index contributed by atoms with van der Waals surface area (Å²) in [6.45, 7) is 3.93. The van der Waals surface area contributed by atoms with Crippen LogP contribution in [0, 0.1) is 5.41 Å². The van der Waals surface area contributed by atoms with Crippen LogP contribution in [0.2, 0.25) is 0 Å². The minimum atomic E-state index is -0.435. The molecule has 1 amide bonds. The zero-order valence-corrected chi connectivity index (χ0v) is 15.0. The van der Waals surface area contributed by atoms with E-state index in [1.807, 2.05) is 24.3 Å². The second-order valence-corrected chi connectivity index (χ2v) is 5.87. The van der Waals surface area contributed by atoms with Crippen LogP contribution < -0.4 is 11.1 Å². The predicted octanol–water partition coefficient (Wildman–Crippen LogP) is 4.07. The van der Waals surface area contributed by atoms with Crippen LogP contribution in [0.3, 0.4) is 0 Å². The van der Waals surface area contributed by atoms with E-state index < -0.39 is 6.04 Å². The average molecular weight is 340 g/mol. The Morgan fingerprint density at radius 1 is 1.13 bits per heavy atom. The van der Waals surface area contributed by atoms with Gasteiger partial charge in [0.1, 0.15) is 5.84 Å². The van der Waals surface area contributed by atoms with Crippen molar-refractivity contribution in [3.05, 3.63) is 35.4 Å². The van der Waals surface area contributed by atoms with Gasteiger partial charge in [-0.3, -0.25) is 10.2 Å². The molecule has 1 rings (SSSR count). The van der Waals surface area contributed by atoms with Gasteiger partial charge in [-0.25, -0.2) is 0 Å². The number of carbonyl (C=O) groups is 1. The summed E-state index contributed by atoms with van der Waals surface area (Å²) in [5, 5.41) is 9.99. The van der Waals surface area contributed by atoms with Crippen LogP contribution in [0.4, 0.5) is 0 Å². The second-order valence-electron chi connectivity index (χ2n) is 5.87. The zero-order valence-electron chi connectivity index (χ0n) is 14.2. The highest BCUT2D eigenvalue weighted by Crippen LogP contribution is 2.11. The Balaban J connectivity index is 0.00000484. The van der Waals surface area contributed by atoms with Gasteiger partial charge in [0, 0.05) is 5.56 Å². The molecule has 0 saturated carbocycles. The van der Waals surface area contributed by atoms with Crippen molar-refractivity contribution in [1.29, 1.82) is 5.41 Å². The van der Waals surface area contributed by atoms with Gasteiger partial charge in [0.05, 0.1) is 6.04 Å². The molecular formula is C18H30ClN3O. The molecule has 0 aromatic heterocycles. The number of amides is 1. The lowest BCUT2D eigenvalue weighted by Gasteiger charge is -2.12. The molecule has 0 saturated heterocycles. The van der Waals surface area contributed by atoms with Crippen molar-refractivity contribution in [3.63, 3.8) is 0 Å². The highest BCUT2D eigenvalue weighted by molar-refractivity contribution is 5.97. The number of halogens is 1. The van der Waals surface area contributed by atoms with Gasteiger partial charge in [-0.05, 0) is 37.5 Å². The van der Waals surface area contributed by atoms with Crippen molar-refractivity contribution in [1.82, 2.24) is 5.32 Å². The highest BCUT2D eigenvalue weighted by atomic mass is 35.5. The van der Waals surface area contributed by atoms with Crippen molar-refractivity contribution in [2.24, 2.45) is 5.73 Å². The molecule has 0 bridgehead atoms. The number of rotatable bonds is 10. The molecule has 0 spiro atoms. The Morgan fingerprint density at radius 2 is 1.70 bits per heavy atom. The van der Waals surface area contributed by atoms with Crippen molar-refractivity contribution in [3.8, 4) is 0 Å². The Bertz CT molecular complexity index is 474. The molecule has 0 heterocycles. The van der Waals surface area contributed by atoms with Crippen molar-refractivity contribution < 1.29 is 4.79 Å².